The van der Waals surface area contributed by atoms with Gasteiger partial charge in [-0.25, -0.2) is 4.79 Å². The van der Waals surface area contributed by atoms with E-state index in [4.69, 9.17) is 4.74 Å². The van der Waals surface area contributed by atoms with E-state index in [1.54, 1.807) is 41.5 Å². The van der Waals surface area contributed by atoms with E-state index in [0.717, 1.165) is 0 Å². The zero-order valence-corrected chi connectivity index (χ0v) is 11.5. The number of rotatable bonds is 3. The second kappa shape index (κ2) is 5.04. The fraction of sp³-hybridized carbons (Fsp3) is 0.833. The van der Waals surface area contributed by atoms with E-state index in [9.17, 15) is 14.7 Å². The van der Waals surface area contributed by atoms with Crippen molar-refractivity contribution in [1.29, 1.82) is 0 Å². The van der Waals surface area contributed by atoms with Crippen molar-refractivity contribution in [2.45, 2.75) is 52.7 Å². The first-order chi connectivity index (χ1) is 7.47. The second-order valence-corrected chi connectivity index (χ2v) is 6.12. The van der Waals surface area contributed by atoms with E-state index in [-0.39, 0.29) is 0 Å². The number of alkyl carbamates (subject to hydrolysis) is 1. The summed E-state index contributed by atoms with van der Waals surface area (Å²) in [5.41, 5.74) is -2.60. The van der Waals surface area contributed by atoms with Crippen molar-refractivity contribution in [2.24, 2.45) is 5.41 Å². The van der Waals surface area contributed by atoms with Gasteiger partial charge < -0.3 is 20.0 Å². The molecule has 0 aliphatic rings. The summed E-state index contributed by atoms with van der Waals surface area (Å²) in [6.07, 6.45) is -0.162. The molecule has 17 heavy (non-hydrogen) atoms. The van der Waals surface area contributed by atoms with Gasteiger partial charge in [0, 0.05) is 0 Å². The van der Waals surface area contributed by atoms with Crippen LogP contribution in [0.3, 0.4) is 0 Å². The van der Waals surface area contributed by atoms with Crippen LogP contribution in [0.2, 0.25) is 0 Å². The fourth-order valence-corrected chi connectivity index (χ4v) is 1.19. The Morgan fingerprint density at radius 2 is 1.71 bits per heavy atom. The summed E-state index contributed by atoms with van der Waals surface area (Å²) in [5.74, 6) is 0. The molecule has 0 unspecified atom stereocenters. The summed E-state index contributed by atoms with van der Waals surface area (Å²) in [5, 5.41) is 11.8. The fourth-order valence-electron chi connectivity index (χ4n) is 1.19. The molecule has 2 N–H and O–H groups in total. The Morgan fingerprint density at radius 3 is 1.94 bits per heavy atom. The molecule has 0 saturated carbocycles. The third-order valence-corrected chi connectivity index (χ3v) is 2.51. The number of amides is 1. The van der Waals surface area contributed by atoms with Crippen molar-refractivity contribution < 1.29 is 19.4 Å². The summed E-state index contributed by atoms with van der Waals surface area (Å²) < 4.78 is 5.07. The highest BCUT2D eigenvalue weighted by atomic mass is 16.6. The maximum Gasteiger partial charge on any atom is 0.408 e. The molecule has 0 aliphatic carbocycles. The van der Waals surface area contributed by atoms with Crippen LogP contribution < -0.4 is 5.32 Å². The van der Waals surface area contributed by atoms with Gasteiger partial charge in [-0.05, 0) is 26.2 Å². The molecule has 0 fully saturated rings. The molecule has 0 aromatic rings. The molecule has 0 spiro atoms. The highest BCUT2D eigenvalue weighted by Crippen LogP contribution is 2.28. The molecular weight excluding hydrogens is 222 g/mol. The van der Waals surface area contributed by atoms with E-state index in [0.29, 0.717) is 6.29 Å². The average Bonchev–Trinajstić information content (AvgIpc) is 2.09. The van der Waals surface area contributed by atoms with Crippen LogP contribution in [0.25, 0.3) is 0 Å². The highest BCUT2D eigenvalue weighted by molar-refractivity contribution is 5.77. The zero-order valence-electron chi connectivity index (χ0n) is 11.5. The lowest BCUT2D eigenvalue weighted by Gasteiger charge is -2.39. The van der Waals surface area contributed by atoms with Crippen LogP contribution in [0, 0.1) is 5.41 Å². The van der Waals surface area contributed by atoms with Gasteiger partial charge in [0.2, 0.25) is 0 Å². The smallest absolute Gasteiger partial charge is 0.408 e. The quantitative estimate of drug-likeness (QED) is 0.739. The Morgan fingerprint density at radius 1 is 1.24 bits per heavy atom. The molecule has 0 radical (unpaired) electrons. The number of aliphatic hydroxyl groups is 1. The maximum absolute atomic E-state index is 11.6. The van der Waals surface area contributed by atoms with Crippen LogP contribution in [-0.2, 0) is 9.53 Å². The maximum atomic E-state index is 11.6. The van der Waals surface area contributed by atoms with Crippen molar-refractivity contribution in [3.05, 3.63) is 0 Å². The Hall–Kier alpha value is -1.10. The summed E-state index contributed by atoms with van der Waals surface area (Å²) in [7, 11) is 0. The molecule has 1 amide bonds. The molecule has 100 valence electrons. The molecule has 0 bridgehead atoms. The molecule has 5 nitrogen and oxygen atoms in total. The number of aldehydes is 1. The van der Waals surface area contributed by atoms with Crippen molar-refractivity contribution in [3.8, 4) is 0 Å². The van der Waals surface area contributed by atoms with E-state index < -0.39 is 29.3 Å². The SMILES string of the molecule is CC(C)(C)OC(=O)N[C@@](C=O)(CO)C(C)(C)C. The van der Waals surface area contributed by atoms with Gasteiger partial charge in [0.1, 0.15) is 17.4 Å². The van der Waals surface area contributed by atoms with Gasteiger partial charge in [0.05, 0.1) is 6.61 Å². The first kappa shape index (κ1) is 15.9. The third-order valence-electron chi connectivity index (χ3n) is 2.51. The van der Waals surface area contributed by atoms with Crippen molar-refractivity contribution in [2.75, 3.05) is 6.61 Å². The monoisotopic (exact) mass is 245 g/mol. The number of nitrogens with one attached hydrogen (secondary N) is 1. The Balaban J connectivity index is 4.91. The molecule has 1 atom stereocenters. The second-order valence-electron chi connectivity index (χ2n) is 6.12. The van der Waals surface area contributed by atoms with Crippen molar-refractivity contribution in [1.82, 2.24) is 5.32 Å². The standard InChI is InChI=1S/C12H23NO4/c1-10(2,3)12(7-14,8-15)13-9(16)17-11(4,5)6/h7,15H,8H2,1-6H3,(H,13,16)/t12-/m0/s1. The molecule has 0 saturated heterocycles. The van der Waals surface area contributed by atoms with Crippen molar-refractivity contribution in [3.63, 3.8) is 0 Å². The Bertz CT molecular complexity index is 288. The first-order valence-corrected chi connectivity index (χ1v) is 5.56. The summed E-state index contributed by atoms with van der Waals surface area (Å²) >= 11 is 0. The summed E-state index contributed by atoms with van der Waals surface area (Å²) in [6.45, 7) is 9.99. The lowest BCUT2D eigenvalue weighted by Crippen LogP contribution is -2.61. The molecule has 0 aromatic heterocycles. The Labute approximate surface area is 103 Å². The van der Waals surface area contributed by atoms with Gasteiger partial charge in [-0.1, -0.05) is 20.8 Å². The minimum Gasteiger partial charge on any atom is -0.444 e. The lowest BCUT2D eigenvalue weighted by molar-refractivity contribution is -0.119. The van der Waals surface area contributed by atoms with Gasteiger partial charge in [-0.3, -0.25) is 0 Å². The van der Waals surface area contributed by atoms with Gasteiger partial charge in [0.25, 0.3) is 0 Å². The Kier molecular flexibility index (Phi) is 4.71. The first-order valence-electron chi connectivity index (χ1n) is 5.56. The lowest BCUT2D eigenvalue weighted by atomic mass is 9.75. The van der Waals surface area contributed by atoms with Gasteiger partial charge in [-0.2, -0.15) is 0 Å². The number of aliphatic hydroxyl groups excluding tert-OH is 1. The topological polar surface area (TPSA) is 75.6 Å². The minimum atomic E-state index is -1.34. The zero-order chi connectivity index (χ0) is 13.9. The van der Waals surface area contributed by atoms with Crippen LogP contribution in [0.15, 0.2) is 0 Å². The summed E-state index contributed by atoms with van der Waals surface area (Å²) in [4.78, 5) is 22.8. The summed E-state index contributed by atoms with van der Waals surface area (Å²) in [6, 6.07) is 0. The van der Waals surface area contributed by atoms with E-state index in [1.165, 1.54) is 0 Å². The molecule has 0 aliphatic heterocycles. The van der Waals surface area contributed by atoms with Crippen molar-refractivity contribution >= 4 is 12.4 Å². The van der Waals surface area contributed by atoms with E-state index in [2.05, 4.69) is 5.32 Å². The molecule has 0 heterocycles. The highest BCUT2D eigenvalue weighted by Gasteiger charge is 2.43. The largest absolute Gasteiger partial charge is 0.444 e. The predicted molar refractivity (Wildman–Crippen MR) is 64.7 cm³/mol. The van der Waals surface area contributed by atoms with Crippen LogP contribution >= 0.6 is 0 Å². The van der Waals surface area contributed by atoms with Gasteiger partial charge >= 0.3 is 6.09 Å². The van der Waals surface area contributed by atoms with Crippen LogP contribution in [0.5, 0.6) is 0 Å². The van der Waals surface area contributed by atoms with Crippen LogP contribution in [0.1, 0.15) is 41.5 Å². The van der Waals surface area contributed by atoms with E-state index in [1.807, 2.05) is 0 Å². The molecule has 0 aromatic carbocycles. The van der Waals surface area contributed by atoms with E-state index >= 15 is 0 Å². The number of carbonyl (C=O) groups excluding carboxylic acids is 2. The van der Waals surface area contributed by atoms with Crippen LogP contribution in [-0.4, -0.2) is 35.2 Å². The minimum absolute atomic E-state index is 0.473. The average molecular weight is 245 g/mol. The normalized spacial score (nSPS) is 15.9. The van der Waals surface area contributed by atoms with Gasteiger partial charge in [-0.15, -0.1) is 0 Å². The van der Waals surface area contributed by atoms with Gasteiger partial charge in [0.15, 0.2) is 0 Å². The number of hydrogen-bond donors (Lipinski definition) is 2. The molecule has 0 rings (SSSR count). The number of ether oxygens (including phenoxy) is 1. The predicted octanol–water partition coefficient (Wildman–Crippen LogP) is 1.49. The third kappa shape index (κ3) is 4.34. The number of hydrogen-bond acceptors (Lipinski definition) is 4. The molecular formula is C12H23NO4. The number of carbonyl (C=O) groups is 2. The molecule has 5 heteroatoms. The van der Waals surface area contributed by atoms with Crippen LogP contribution in [0.4, 0.5) is 4.79 Å².